The Bertz CT molecular complexity index is 824. The van der Waals surface area contributed by atoms with Crippen LogP contribution in [0.4, 0.5) is 5.69 Å². The number of para-hydroxylation sites is 1. The van der Waals surface area contributed by atoms with E-state index >= 15 is 0 Å². The van der Waals surface area contributed by atoms with Gasteiger partial charge in [0, 0.05) is 43.1 Å². The van der Waals surface area contributed by atoms with Crippen LogP contribution >= 0.6 is 0 Å². The first kappa shape index (κ1) is 16.8. The predicted octanol–water partition coefficient (Wildman–Crippen LogP) is 3.26. The average Bonchev–Trinajstić information content (AvgIpc) is 3.15. The number of hydrogen-bond donors (Lipinski definition) is 1. The lowest BCUT2D eigenvalue weighted by Gasteiger charge is -2.16. The van der Waals surface area contributed by atoms with Crippen LogP contribution in [0.2, 0.25) is 0 Å². The fourth-order valence-electron chi connectivity index (χ4n) is 2.51. The standard InChI is InChI=1S/C20H22N4O/c1-3-23(2)18-11-9-17(10-12-18)20(25)21-13-16-14-22-24(15-16)19-7-5-4-6-8-19/h4-12,14-15H,3,13H2,1-2H3,(H,21,25). The maximum atomic E-state index is 12.3. The largest absolute Gasteiger partial charge is 0.375 e. The van der Waals surface area contributed by atoms with E-state index in [0.29, 0.717) is 12.1 Å². The zero-order chi connectivity index (χ0) is 17.6. The summed E-state index contributed by atoms with van der Waals surface area (Å²) in [6.07, 6.45) is 3.70. The molecule has 0 atom stereocenters. The highest BCUT2D eigenvalue weighted by atomic mass is 16.1. The molecule has 1 heterocycles. The van der Waals surface area contributed by atoms with E-state index in [1.807, 2.05) is 67.8 Å². The van der Waals surface area contributed by atoms with Crippen molar-refractivity contribution in [2.75, 3.05) is 18.5 Å². The molecule has 5 heteroatoms. The van der Waals surface area contributed by atoms with E-state index in [0.717, 1.165) is 23.5 Å². The second kappa shape index (κ2) is 7.66. The molecule has 0 saturated carbocycles. The van der Waals surface area contributed by atoms with Crippen molar-refractivity contribution < 1.29 is 4.79 Å². The van der Waals surface area contributed by atoms with E-state index in [2.05, 4.69) is 22.2 Å². The number of benzene rings is 2. The van der Waals surface area contributed by atoms with E-state index in [1.165, 1.54) is 0 Å². The van der Waals surface area contributed by atoms with Crippen molar-refractivity contribution in [1.29, 1.82) is 0 Å². The zero-order valence-corrected chi connectivity index (χ0v) is 14.5. The van der Waals surface area contributed by atoms with Gasteiger partial charge in [0.25, 0.3) is 5.91 Å². The monoisotopic (exact) mass is 334 g/mol. The highest BCUT2D eigenvalue weighted by molar-refractivity contribution is 5.94. The van der Waals surface area contributed by atoms with Gasteiger partial charge in [-0.1, -0.05) is 18.2 Å². The van der Waals surface area contributed by atoms with Gasteiger partial charge in [0.2, 0.25) is 0 Å². The third-order valence-corrected chi connectivity index (χ3v) is 4.15. The number of rotatable bonds is 6. The fraction of sp³-hybridized carbons (Fsp3) is 0.200. The Morgan fingerprint density at radius 2 is 1.84 bits per heavy atom. The van der Waals surface area contributed by atoms with Crippen LogP contribution in [0.1, 0.15) is 22.8 Å². The predicted molar refractivity (Wildman–Crippen MR) is 100 cm³/mol. The van der Waals surface area contributed by atoms with E-state index < -0.39 is 0 Å². The van der Waals surface area contributed by atoms with Crippen LogP contribution in [0.3, 0.4) is 0 Å². The molecule has 3 aromatic rings. The summed E-state index contributed by atoms with van der Waals surface area (Å²) in [7, 11) is 2.03. The second-order valence-corrected chi connectivity index (χ2v) is 5.87. The summed E-state index contributed by atoms with van der Waals surface area (Å²) in [4.78, 5) is 14.4. The third-order valence-electron chi connectivity index (χ3n) is 4.15. The molecule has 0 spiro atoms. The van der Waals surface area contributed by atoms with E-state index in [1.54, 1.807) is 10.9 Å². The number of nitrogens with one attached hydrogen (secondary N) is 1. The summed E-state index contributed by atoms with van der Waals surface area (Å²) in [5.41, 5.74) is 3.71. The van der Waals surface area contributed by atoms with Gasteiger partial charge in [-0.25, -0.2) is 4.68 Å². The highest BCUT2D eigenvalue weighted by Gasteiger charge is 2.07. The maximum absolute atomic E-state index is 12.3. The van der Waals surface area contributed by atoms with Gasteiger partial charge in [-0.15, -0.1) is 0 Å². The molecule has 5 nitrogen and oxygen atoms in total. The van der Waals surface area contributed by atoms with Crippen LogP contribution in [-0.4, -0.2) is 29.3 Å². The van der Waals surface area contributed by atoms with Gasteiger partial charge in [-0.05, 0) is 43.3 Å². The Balaban J connectivity index is 1.60. The van der Waals surface area contributed by atoms with Crippen molar-refractivity contribution in [3.8, 4) is 5.69 Å². The molecule has 0 unspecified atom stereocenters. The van der Waals surface area contributed by atoms with Crippen LogP contribution in [0.15, 0.2) is 67.0 Å². The third kappa shape index (κ3) is 4.07. The van der Waals surface area contributed by atoms with Gasteiger partial charge in [-0.2, -0.15) is 5.10 Å². The molecule has 2 aromatic carbocycles. The van der Waals surface area contributed by atoms with Gasteiger partial charge in [0.1, 0.15) is 0 Å². The van der Waals surface area contributed by atoms with Crippen molar-refractivity contribution in [3.63, 3.8) is 0 Å². The number of amides is 1. The topological polar surface area (TPSA) is 50.2 Å². The van der Waals surface area contributed by atoms with E-state index in [9.17, 15) is 4.79 Å². The van der Waals surface area contributed by atoms with Crippen molar-refractivity contribution in [3.05, 3.63) is 78.1 Å². The van der Waals surface area contributed by atoms with E-state index in [-0.39, 0.29) is 5.91 Å². The quantitative estimate of drug-likeness (QED) is 0.753. The smallest absolute Gasteiger partial charge is 0.251 e. The lowest BCUT2D eigenvalue weighted by molar-refractivity contribution is 0.0951. The van der Waals surface area contributed by atoms with Crippen molar-refractivity contribution in [1.82, 2.24) is 15.1 Å². The highest BCUT2D eigenvalue weighted by Crippen LogP contribution is 2.13. The summed E-state index contributed by atoms with van der Waals surface area (Å²) in [5.74, 6) is -0.0850. The summed E-state index contributed by atoms with van der Waals surface area (Å²) in [6.45, 7) is 3.47. The minimum atomic E-state index is -0.0850. The van der Waals surface area contributed by atoms with Gasteiger partial charge < -0.3 is 10.2 Å². The lowest BCUT2D eigenvalue weighted by Crippen LogP contribution is -2.22. The summed E-state index contributed by atoms with van der Waals surface area (Å²) in [6, 6.07) is 17.5. The number of carbonyl (C=O) groups is 1. The summed E-state index contributed by atoms with van der Waals surface area (Å²) in [5, 5.41) is 7.27. The molecule has 0 aliphatic heterocycles. The van der Waals surface area contributed by atoms with Crippen molar-refractivity contribution >= 4 is 11.6 Å². The van der Waals surface area contributed by atoms with E-state index in [4.69, 9.17) is 0 Å². The molecule has 0 aliphatic rings. The van der Waals surface area contributed by atoms with Gasteiger partial charge in [-0.3, -0.25) is 4.79 Å². The minimum Gasteiger partial charge on any atom is -0.375 e. The normalized spacial score (nSPS) is 10.5. The Morgan fingerprint density at radius 1 is 1.12 bits per heavy atom. The average molecular weight is 334 g/mol. The Kier molecular flexibility index (Phi) is 5.14. The maximum Gasteiger partial charge on any atom is 0.251 e. The zero-order valence-electron chi connectivity index (χ0n) is 14.5. The second-order valence-electron chi connectivity index (χ2n) is 5.87. The van der Waals surface area contributed by atoms with Gasteiger partial charge in [0.15, 0.2) is 0 Å². The molecule has 128 valence electrons. The molecule has 1 N–H and O–H groups in total. The molecule has 0 saturated heterocycles. The molecule has 0 aliphatic carbocycles. The Labute approximate surface area is 147 Å². The molecule has 0 bridgehead atoms. The molecule has 3 rings (SSSR count). The van der Waals surface area contributed by atoms with Crippen molar-refractivity contribution in [2.24, 2.45) is 0 Å². The molecular weight excluding hydrogens is 312 g/mol. The first-order valence-electron chi connectivity index (χ1n) is 8.35. The summed E-state index contributed by atoms with van der Waals surface area (Å²) < 4.78 is 1.80. The minimum absolute atomic E-state index is 0.0850. The molecule has 0 radical (unpaired) electrons. The van der Waals surface area contributed by atoms with Crippen LogP contribution in [0.25, 0.3) is 5.69 Å². The van der Waals surface area contributed by atoms with Gasteiger partial charge >= 0.3 is 0 Å². The number of nitrogens with zero attached hydrogens (tertiary/aromatic N) is 3. The van der Waals surface area contributed by atoms with Crippen LogP contribution in [0.5, 0.6) is 0 Å². The van der Waals surface area contributed by atoms with Crippen LogP contribution in [-0.2, 0) is 6.54 Å². The van der Waals surface area contributed by atoms with Gasteiger partial charge in [0.05, 0.1) is 11.9 Å². The molecule has 25 heavy (non-hydrogen) atoms. The first-order valence-corrected chi connectivity index (χ1v) is 8.35. The van der Waals surface area contributed by atoms with Crippen LogP contribution in [0, 0.1) is 0 Å². The Morgan fingerprint density at radius 3 is 2.52 bits per heavy atom. The molecule has 1 aromatic heterocycles. The SMILES string of the molecule is CCN(C)c1ccc(C(=O)NCc2cnn(-c3ccccc3)c2)cc1. The molecular formula is C20H22N4O. The number of carbonyl (C=O) groups excluding carboxylic acids is 1. The molecule has 0 fully saturated rings. The number of hydrogen-bond acceptors (Lipinski definition) is 3. The lowest BCUT2D eigenvalue weighted by atomic mass is 10.2. The number of anilines is 1. The Hall–Kier alpha value is -3.08. The first-order chi connectivity index (χ1) is 12.2. The summed E-state index contributed by atoms with van der Waals surface area (Å²) >= 11 is 0. The van der Waals surface area contributed by atoms with Crippen LogP contribution < -0.4 is 10.2 Å². The fourth-order valence-corrected chi connectivity index (χ4v) is 2.51. The van der Waals surface area contributed by atoms with Crippen molar-refractivity contribution in [2.45, 2.75) is 13.5 Å². The number of aromatic nitrogens is 2. The molecule has 1 amide bonds.